The second-order valence-corrected chi connectivity index (χ2v) is 19.7. The maximum Gasteiger partial charge on any atom is 1.00 e. The van der Waals surface area contributed by atoms with Gasteiger partial charge in [-0.15, -0.1) is 10.2 Å². The minimum Gasteiger partial charge on any atom is -0.744 e. The molecular weight excluding hydrogens is 948 g/mol. The molecule has 63 heavy (non-hydrogen) atoms. The van der Waals surface area contributed by atoms with Gasteiger partial charge >= 0.3 is 29.6 Å². The smallest absolute Gasteiger partial charge is 0.744 e. The van der Waals surface area contributed by atoms with Crippen molar-refractivity contribution in [3.63, 3.8) is 0 Å². The molecule has 0 unspecified atom stereocenters. The van der Waals surface area contributed by atoms with Gasteiger partial charge in [-0.3, -0.25) is 18.2 Å². The van der Waals surface area contributed by atoms with Gasteiger partial charge in [-0.05, 0) is 82.6 Å². The van der Waals surface area contributed by atoms with E-state index >= 15 is 0 Å². The van der Waals surface area contributed by atoms with Crippen LogP contribution in [0.25, 0.3) is 33.7 Å². The number of nitrogens with two attached hydrogens (primary N) is 2. The van der Waals surface area contributed by atoms with E-state index in [1.165, 1.54) is 18.2 Å². The Hall–Kier alpha value is -5.47. The van der Waals surface area contributed by atoms with Crippen LogP contribution >= 0.6 is 0 Å². The van der Waals surface area contributed by atoms with Crippen LogP contribution in [0, 0.1) is 0 Å². The van der Waals surface area contributed by atoms with E-state index in [1.807, 2.05) is 0 Å². The van der Waals surface area contributed by atoms with Gasteiger partial charge in [-0.25, -0.2) is 8.42 Å². The van der Waals surface area contributed by atoms with Crippen molar-refractivity contribution in [2.75, 3.05) is 11.5 Å². The third-order valence-corrected chi connectivity index (χ3v) is 13.0. The molecule has 0 spiro atoms. The SMILES string of the molecule is Nc1ccc2cc(S(=O)(=O)O)c(N=Nc3ccc(/C=C/c4ccc(N=Nc5c(S(=O)(=O)O)cc6cc(S(=O)(=O)O)cc(N)c6c5O)cc4S(=O)(=O)[O-])c(S(=O)(=O)O)c3)c(O)c2c1.[Na+]. The van der Waals surface area contributed by atoms with Crippen LogP contribution in [0.4, 0.5) is 34.1 Å². The average molecular weight is 973 g/mol. The summed E-state index contributed by atoms with van der Waals surface area (Å²) in [5, 5.41) is 35.8. The summed E-state index contributed by atoms with van der Waals surface area (Å²) in [4.78, 5) is -4.68. The maximum atomic E-state index is 12.4. The molecule has 0 saturated carbocycles. The van der Waals surface area contributed by atoms with Gasteiger partial charge in [0.25, 0.3) is 40.5 Å². The van der Waals surface area contributed by atoms with E-state index in [-0.39, 0.29) is 57.3 Å². The molecule has 29 heteroatoms. The molecule has 0 atom stereocenters. The number of phenols is 2. The molecule has 0 aliphatic rings. The second-order valence-electron chi connectivity index (χ2n) is 12.8. The van der Waals surface area contributed by atoms with Crippen molar-refractivity contribution in [2.45, 2.75) is 24.5 Å². The Labute approximate surface area is 378 Å². The number of azo groups is 2. The van der Waals surface area contributed by atoms with E-state index in [0.29, 0.717) is 12.1 Å². The fraction of sp³-hybridized carbons (Fsp3) is 0. The van der Waals surface area contributed by atoms with Crippen molar-refractivity contribution >= 4 is 118 Å². The summed E-state index contributed by atoms with van der Waals surface area (Å²) in [6.45, 7) is 0. The van der Waals surface area contributed by atoms with Crippen LogP contribution < -0.4 is 41.0 Å². The summed E-state index contributed by atoms with van der Waals surface area (Å²) in [6, 6.07) is 12.6. The average Bonchev–Trinajstić information content (AvgIpc) is 3.14. The molecule has 0 amide bonds. The van der Waals surface area contributed by atoms with E-state index in [9.17, 15) is 75.1 Å². The van der Waals surface area contributed by atoms with Crippen LogP contribution in [-0.2, 0) is 50.6 Å². The van der Waals surface area contributed by atoms with Crippen molar-refractivity contribution in [1.29, 1.82) is 0 Å². The zero-order chi connectivity index (χ0) is 45.9. The number of fused-ring (bicyclic) bond motifs is 2. The molecule has 324 valence electrons. The van der Waals surface area contributed by atoms with Gasteiger partial charge in [-0.2, -0.15) is 43.9 Å². The van der Waals surface area contributed by atoms with Crippen molar-refractivity contribution in [1.82, 2.24) is 0 Å². The molecular formula is C34H25N6NaO17S5. The number of anilines is 2. The summed E-state index contributed by atoms with van der Waals surface area (Å²) >= 11 is 0. The van der Waals surface area contributed by atoms with E-state index in [4.69, 9.17) is 11.5 Å². The van der Waals surface area contributed by atoms with E-state index < -0.39 is 126 Å². The number of hydrogen-bond acceptors (Lipinski definition) is 19. The molecule has 0 saturated heterocycles. The van der Waals surface area contributed by atoms with Gasteiger partial charge in [-0.1, -0.05) is 30.4 Å². The van der Waals surface area contributed by atoms with Gasteiger partial charge in [0.2, 0.25) is 0 Å². The number of phenolic OH excluding ortho intramolecular Hbond substituents is 2. The predicted octanol–water partition coefficient (Wildman–Crippen LogP) is 2.46. The zero-order valence-electron chi connectivity index (χ0n) is 31.3. The van der Waals surface area contributed by atoms with Gasteiger partial charge < -0.3 is 26.2 Å². The normalized spacial score (nSPS) is 13.1. The summed E-state index contributed by atoms with van der Waals surface area (Å²) in [5.74, 6) is -1.83. The quantitative estimate of drug-likeness (QED) is 0.0304. The van der Waals surface area contributed by atoms with Crippen molar-refractivity contribution in [2.24, 2.45) is 20.5 Å². The van der Waals surface area contributed by atoms with E-state index in [0.717, 1.165) is 60.7 Å². The second kappa shape index (κ2) is 17.2. The molecule has 23 nitrogen and oxygen atoms in total. The number of rotatable bonds is 11. The molecule has 6 rings (SSSR count). The van der Waals surface area contributed by atoms with Crippen molar-refractivity contribution in [3.8, 4) is 11.5 Å². The van der Waals surface area contributed by atoms with Crippen LogP contribution in [0.1, 0.15) is 11.1 Å². The molecule has 10 N–H and O–H groups in total. The Balaban J connectivity index is 0.00000748. The Kier molecular flexibility index (Phi) is 13.3. The van der Waals surface area contributed by atoms with Crippen LogP contribution in [0.2, 0.25) is 0 Å². The van der Waals surface area contributed by atoms with Gasteiger partial charge in [0.15, 0.2) is 11.5 Å². The first kappa shape index (κ1) is 48.6. The molecule has 0 fully saturated rings. The van der Waals surface area contributed by atoms with Gasteiger partial charge in [0.05, 0.1) is 21.2 Å². The maximum absolute atomic E-state index is 12.4. The van der Waals surface area contributed by atoms with Gasteiger partial charge in [0, 0.05) is 22.1 Å². The fourth-order valence-electron chi connectivity index (χ4n) is 5.87. The minimum absolute atomic E-state index is 0. The number of nitrogen functional groups attached to an aromatic ring is 2. The molecule has 0 aromatic heterocycles. The zero-order valence-corrected chi connectivity index (χ0v) is 37.4. The van der Waals surface area contributed by atoms with Crippen LogP contribution in [0.5, 0.6) is 11.5 Å². The third kappa shape index (κ3) is 10.5. The van der Waals surface area contributed by atoms with E-state index in [2.05, 4.69) is 20.5 Å². The molecule has 0 heterocycles. The third-order valence-electron chi connectivity index (χ3n) is 8.60. The molecule has 0 aliphatic heterocycles. The van der Waals surface area contributed by atoms with Crippen LogP contribution in [0.15, 0.2) is 124 Å². The summed E-state index contributed by atoms with van der Waals surface area (Å²) in [6.07, 6.45) is 1.89. The summed E-state index contributed by atoms with van der Waals surface area (Å²) in [7, 11) is -25.7. The van der Waals surface area contributed by atoms with Crippen LogP contribution in [0.3, 0.4) is 0 Å². The number of nitrogens with zero attached hydrogens (tertiary/aromatic N) is 4. The molecule has 6 aromatic carbocycles. The van der Waals surface area contributed by atoms with Crippen molar-refractivity contribution < 1.29 is 105 Å². The Bertz CT molecular complexity index is 3600. The topological polar surface area (TPSA) is 417 Å². The molecule has 0 aliphatic carbocycles. The first-order chi connectivity index (χ1) is 28.5. The van der Waals surface area contributed by atoms with Gasteiger partial charge in [0.1, 0.15) is 36.2 Å². The summed E-state index contributed by atoms with van der Waals surface area (Å²) in [5.41, 5.74) is 7.98. The molecule has 6 aromatic rings. The predicted molar refractivity (Wildman–Crippen MR) is 217 cm³/mol. The first-order valence-electron chi connectivity index (χ1n) is 16.3. The number of hydrogen-bond donors (Lipinski definition) is 8. The standard InChI is InChI=1S/C34H26N6O17S5.Na/c35-20-6-3-18-10-28(61(52,53)54)31(33(41)24(18)12-20)39-37-21-7-4-16(26(13-21)59(46,47)48)1-2-17-5-8-22(14-27(17)60(49,50)51)38-40-32-29(62(55,56)57)11-19-9-23(58(43,44)45)15-25(36)30(19)34(32)42;/h1-15,41-42H,35-36H2,(H,43,44,45)(H,46,47,48)(H,49,50,51)(H,52,53,54)(H,55,56,57);/q;+1/p-1/b2-1+,39-37?,40-38?;. The Morgan fingerprint density at radius 1 is 0.508 bits per heavy atom. The molecule has 0 radical (unpaired) electrons. The van der Waals surface area contributed by atoms with Crippen LogP contribution in [-0.4, -0.2) is 75.1 Å². The van der Waals surface area contributed by atoms with E-state index in [1.54, 1.807) is 0 Å². The summed E-state index contributed by atoms with van der Waals surface area (Å²) < 4.78 is 173. The number of aromatic hydroxyl groups is 2. The monoisotopic (exact) mass is 972 g/mol. The largest absolute Gasteiger partial charge is 1.00 e. The van der Waals surface area contributed by atoms with Crippen molar-refractivity contribution in [3.05, 3.63) is 90.0 Å². The Morgan fingerprint density at radius 3 is 1.48 bits per heavy atom. The minimum atomic E-state index is -5.40. The first-order valence-corrected chi connectivity index (χ1v) is 23.5. The fourth-order valence-corrected chi connectivity index (χ4v) is 9.13. The Morgan fingerprint density at radius 2 is 0.984 bits per heavy atom. The number of benzene rings is 6. The molecule has 0 bridgehead atoms.